The zero-order valence-corrected chi connectivity index (χ0v) is 13.4. The number of nitrogens with zero attached hydrogens (tertiary/aromatic N) is 2. The van der Waals surface area contributed by atoms with E-state index in [0.717, 1.165) is 34.8 Å². The van der Waals surface area contributed by atoms with Gasteiger partial charge in [-0.2, -0.15) is 0 Å². The molecule has 22 heavy (non-hydrogen) atoms. The van der Waals surface area contributed by atoms with Crippen LogP contribution in [-0.2, 0) is 11.2 Å². The van der Waals surface area contributed by atoms with Crippen LogP contribution in [0.3, 0.4) is 0 Å². The summed E-state index contributed by atoms with van der Waals surface area (Å²) < 4.78 is 0. The molecule has 0 bridgehead atoms. The number of hydrogen-bond donors (Lipinski definition) is 2. The van der Waals surface area contributed by atoms with Crippen LogP contribution in [0, 0.1) is 0 Å². The van der Waals surface area contributed by atoms with E-state index < -0.39 is 0 Å². The molecule has 1 amide bonds. The van der Waals surface area contributed by atoms with E-state index in [4.69, 9.17) is 11.6 Å². The summed E-state index contributed by atoms with van der Waals surface area (Å²) in [4.78, 5) is 21.5. The van der Waals surface area contributed by atoms with Crippen molar-refractivity contribution in [3.63, 3.8) is 0 Å². The van der Waals surface area contributed by atoms with Gasteiger partial charge < -0.3 is 5.32 Å². The zero-order valence-electron chi connectivity index (χ0n) is 11.8. The normalized spacial score (nSPS) is 14.1. The van der Waals surface area contributed by atoms with Crippen molar-refractivity contribution in [2.45, 2.75) is 12.8 Å². The first-order valence-electron chi connectivity index (χ1n) is 6.99. The highest BCUT2D eigenvalue weighted by Crippen LogP contribution is 2.22. The Morgan fingerprint density at radius 1 is 1.45 bits per heavy atom. The van der Waals surface area contributed by atoms with Crippen LogP contribution in [0.4, 0.5) is 5.13 Å². The van der Waals surface area contributed by atoms with Crippen LogP contribution >= 0.6 is 22.9 Å². The first-order valence-corrected chi connectivity index (χ1v) is 8.19. The second-order valence-electron chi connectivity index (χ2n) is 4.90. The highest BCUT2D eigenvalue weighted by molar-refractivity contribution is 7.15. The number of benzene rings is 1. The molecular weight excluding hydrogens is 320 g/mol. The lowest BCUT2D eigenvalue weighted by atomic mass is 10.1. The number of carbonyl (C=O) groups is 1. The lowest BCUT2D eigenvalue weighted by Gasteiger charge is -2.12. The van der Waals surface area contributed by atoms with Gasteiger partial charge in [0.2, 0.25) is 0 Å². The van der Waals surface area contributed by atoms with Crippen molar-refractivity contribution in [2.75, 3.05) is 18.4 Å². The number of aromatic nitrogens is 1. The second-order valence-corrected chi connectivity index (χ2v) is 6.45. The van der Waals surface area contributed by atoms with E-state index in [1.807, 2.05) is 24.3 Å². The maximum atomic E-state index is 12.0. The van der Waals surface area contributed by atoms with Gasteiger partial charge >= 0.3 is 0 Å². The van der Waals surface area contributed by atoms with Gasteiger partial charge in [-0.3, -0.25) is 15.1 Å². The first-order chi connectivity index (χ1) is 10.7. The SMILES string of the molecule is O=C(Nc1ncc(Cc2cccc(Cl)c2)s1)C1=NCCCN1. The highest BCUT2D eigenvalue weighted by atomic mass is 35.5. The second kappa shape index (κ2) is 6.89. The van der Waals surface area contributed by atoms with Gasteiger partial charge in [-0.05, 0) is 24.1 Å². The smallest absolute Gasteiger partial charge is 0.292 e. The molecule has 0 radical (unpaired) electrons. The molecular formula is C15H15ClN4OS. The van der Waals surface area contributed by atoms with Crippen LogP contribution in [0.1, 0.15) is 16.9 Å². The maximum absolute atomic E-state index is 12.0. The fourth-order valence-corrected chi connectivity index (χ4v) is 3.19. The van der Waals surface area contributed by atoms with E-state index in [0.29, 0.717) is 17.5 Å². The molecule has 2 heterocycles. The van der Waals surface area contributed by atoms with Crippen molar-refractivity contribution in [1.82, 2.24) is 10.3 Å². The van der Waals surface area contributed by atoms with Gasteiger partial charge in [-0.1, -0.05) is 23.7 Å². The fraction of sp³-hybridized carbons (Fsp3) is 0.267. The summed E-state index contributed by atoms with van der Waals surface area (Å²) in [5.41, 5.74) is 1.12. The lowest BCUT2D eigenvalue weighted by Crippen LogP contribution is -2.39. The molecule has 1 aromatic heterocycles. The molecule has 7 heteroatoms. The number of halogens is 1. The Hall–Kier alpha value is -1.92. The van der Waals surface area contributed by atoms with Gasteiger partial charge in [0.05, 0.1) is 0 Å². The third-order valence-electron chi connectivity index (χ3n) is 3.15. The molecule has 0 spiro atoms. The van der Waals surface area contributed by atoms with Crippen LogP contribution in [-0.4, -0.2) is 29.8 Å². The van der Waals surface area contributed by atoms with Gasteiger partial charge in [-0.15, -0.1) is 11.3 Å². The number of rotatable bonds is 4. The molecule has 0 aliphatic carbocycles. The predicted molar refractivity (Wildman–Crippen MR) is 89.9 cm³/mol. The van der Waals surface area contributed by atoms with Crippen molar-refractivity contribution < 1.29 is 4.79 Å². The number of amides is 1. The van der Waals surface area contributed by atoms with Gasteiger partial charge in [0.1, 0.15) is 0 Å². The van der Waals surface area contributed by atoms with E-state index in [9.17, 15) is 4.79 Å². The van der Waals surface area contributed by atoms with Gasteiger partial charge in [0.25, 0.3) is 5.91 Å². The molecule has 114 valence electrons. The van der Waals surface area contributed by atoms with Crippen LogP contribution in [0.15, 0.2) is 35.5 Å². The summed E-state index contributed by atoms with van der Waals surface area (Å²) in [5.74, 6) is 0.154. The third-order valence-corrected chi connectivity index (χ3v) is 4.30. The quantitative estimate of drug-likeness (QED) is 0.903. The van der Waals surface area contributed by atoms with Crippen molar-refractivity contribution in [3.05, 3.63) is 45.9 Å². The number of nitrogens with one attached hydrogen (secondary N) is 2. The van der Waals surface area contributed by atoms with Crippen LogP contribution in [0.5, 0.6) is 0 Å². The molecule has 0 fully saturated rings. The van der Waals surface area contributed by atoms with Crippen LogP contribution in [0.25, 0.3) is 0 Å². The summed E-state index contributed by atoms with van der Waals surface area (Å²) in [6, 6.07) is 7.72. The molecule has 2 N–H and O–H groups in total. The fourth-order valence-electron chi connectivity index (χ4n) is 2.14. The molecule has 0 saturated heterocycles. The Morgan fingerprint density at radius 2 is 2.36 bits per heavy atom. The summed E-state index contributed by atoms with van der Waals surface area (Å²) in [6.07, 6.45) is 3.47. The molecule has 0 atom stereocenters. The van der Waals surface area contributed by atoms with E-state index in [1.54, 1.807) is 6.20 Å². The standard InChI is InChI=1S/C15H15ClN4OS/c16-11-4-1-3-10(7-11)8-12-9-19-15(22-12)20-14(21)13-17-5-2-6-18-13/h1,3-4,7,9H,2,5-6,8H2,(H,17,18)(H,19,20,21). The molecule has 0 unspecified atom stereocenters. The average molecular weight is 335 g/mol. The predicted octanol–water partition coefficient (Wildman–Crippen LogP) is 2.72. The number of amidine groups is 1. The summed E-state index contributed by atoms with van der Waals surface area (Å²) in [7, 11) is 0. The Morgan fingerprint density at radius 3 is 3.14 bits per heavy atom. The zero-order chi connectivity index (χ0) is 15.4. The summed E-state index contributed by atoms with van der Waals surface area (Å²) in [6.45, 7) is 1.47. The molecule has 1 aliphatic heterocycles. The minimum atomic E-state index is -0.233. The largest absolute Gasteiger partial charge is 0.366 e. The Bertz CT molecular complexity index is 713. The van der Waals surface area contributed by atoms with Crippen molar-refractivity contribution in [2.24, 2.45) is 4.99 Å². The number of aliphatic imine (C=N–C) groups is 1. The van der Waals surface area contributed by atoms with Gasteiger partial charge in [0.15, 0.2) is 11.0 Å². The average Bonchev–Trinajstić information content (AvgIpc) is 2.95. The summed E-state index contributed by atoms with van der Waals surface area (Å²) >= 11 is 7.44. The number of carbonyl (C=O) groups excluding carboxylic acids is 1. The maximum Gasteiger partial charge on any atom is 0.292 e. The molecule has 5 nitrogen and oxygen atoms in total. The molecule has 0 saturated carbocycles. The minimum Gasteiger partial charge on any atom is -0.366 e. The van der Waals surface area contributed by atoms with E-state index in [1.165, 1.54) is 11.3 Å². The monoisotopic (exact) mass is 334 g/mol. The van der Waals surface area contributed by atoms with Crippen molar-refractivity contribution >= 4 is 39.8 Å². The molecule has 2 aromatic rings. The number of hydrogen-bond acceptors (Lipinski definition) is 5. The summed E-state index contributed by atoms with van der Waals surface area (Å²) in [5, 5.41) is 7.07. The Labute approximate surface area is 137 Å². The number of anilines is 1. The lowest BCUT2D eigenvalue weighted by molar-refractivity contribution is -0.110. The van der Waals surface area contributed by atoms with E-state index in [2.05, 4.69) is 20.6 Å². The molecule has 3 rings (SSSR count). The molecule has 1 aliphatic rings. The Balaban J connectivity index is 1.63. The highest BCUT2D eigenvalue weighted by Gasteiger charge is 2.15. The third kappa shape index (κ3) is 3.84. The minimum absolute atomic E-state index is 0.233. The van der Waals surface area contributed by atoms with Gasteiger partial charge in [-0.25, -0.2) is 4.98 Å². The van der Waals surface area contributed by atoms with E-state index >= 15 is 0 Å². The van der Waals surface area contributed by atoms with E-state index in [-0.39, 0.29) is 5.91 Å². The number of thiazole rings is 1. The Kier molecular flexibility index (Phi) is 4.70. The molecule has 1 aromatic carbocycles. The van der Waals surface area contributed by atoms with Crippen molar-refractivity contribution in [3.8, 4) is 0 Å². The topological polar surface area (TPSA) is 66.4 Å². The first kappa shape index (κ1) is 15.0. The van der Waals surface area contributed by atoms with Crippen LogP contribution < -0.4 is 10.6 Å². The van der Waals surface area contributed by atoms with Crippen molar-refractivity contribution in [1.29, 1.82) is 0 Å². The van der Waals surface area contributed by atoms with Crippen LogP contribution in [0.2, 0.25) is 5.02 Å². The van der Waals surface area contributed by atoms with Gasteiger partial charge in [0, 0.05) is 35.6 Å².